The van der Waals surface area contributed by atoms with Crippen molar-refractivity contribution >= 4 is 17.3 Å². The summed E-state index contributed by atoms with van der Waals surface area (Å²) in [6, 6.07) is 16.8. The van der Waals surface area contributed by atoms with Gasteiger partial charge in [-0.3, -0.25) is 4.79 Å². The number of hydrogen-bond acceptors (Lipinski definition) is 5. The molecule has 2 rings (SSSR count). The standard InChI is InChI=1S/C20H24N2O3/c1-4-20(2,3)19(23)25-15-14-24-18-12-10-17(11-13-18)22-21-16-8-6-5-7-9-16/h5-13H,4,14-15H2,1-3H3. The minimum atomic E-state index is -0.453. The molecule has 25 heavy (non-hydrogen) atoms. The first-order valence-electron chi connectivity index (χ1n) is 8.38. The van der Waals surface area contributed by atoms with E-state index in [1.54, 1.807) is 0 Å². The van der Waals surface area contributed by atoms with Gasteiger partial charge in [-0.2, -0.15) is 10.2 Å². The Bertz CT molecular complexity index is 695. The summed E-state index contributed by atoms with van der Waals surface area (Å²) >= 11 is 0. The molecule has 0 aliphatic carbocycles. The van der Waals surface area contributed by atoms with Gasteiger partial charge < -0.3 is 9.47 Å². The summed E-state index contributed by atoms with van der Waals surface area (Å²) in [5.74, 6) is 0.500. The molecular formula is C20H24N2O3. The maximum Gasteiger partial charge on any atom is 0.311 e. The van der Waals surface area contributed by atoms with Crippen LogP contribution in [-0.4, -0.2) is 19.2 Å². The molecular weight excluding hydrogens is 316 g/mol. The van der Waals surface area contributed by atoms with E-state index in [2.05, 4.69) is 10.2 Å². The van der Waals surface area contributed by atoms with Crippen molar-refractivity contribution in [2.45, 2.75) is 27.2 Å². The molecule has 0 fully saturated rings. The van der Waals surface area contributed by atoms with Gasteiger partial charge in [0.15, 0.2) is 0 Å². The monoisotopic (exact) mass is 340 g/mol. The Morgan fingerprint density at radius 1 is 0.920 bits per heavy atom. The van der Waals surface area contributed by atoms with Gasteiger partial charge in [0.1, 0.15) is 19.0 Å². The van der Waals surface area contributed by atoms with E-state index in [9.17, 15) is 4.79 Å². The van der Waals surface area contributed by atoms with Crippen molar-refractivity contribution in [2.24, 2.45) is 15.6 Å². The summed E-state index contributed by atoms with van der Waals surface area (Å²) in [4.78, 5) is 11.8. The summed E-state index contributed by atoms with van der Waals surface area (Å²) in [6.07, 6.45) is 0.742. The molecule has 0 radical (unpaired) electrons. The highest BCUT2D eigenvalue weighted by atomic mass is 16.6. The number of esters is 1. The largest absolute Gasteiger partial charge is 0.490 e. The lowest BCUT2D eigenvalue weighted by molar-refractivity contribution is -0.154. The first kappa shape index (κ1) is 18.6. The van der Waals surface area contributed by atoms with Gasteiger partial charge >= 0.3 is 5.97 Å². The molecule has 5 heteroatoms. The zero-order valence-corrected chi connectivity index (χ0v) is 14.9. The van der Waals surface area contributed by atoms with Crippen LogP contribution in [0, 0.1) is 5.41 Å². The van der Waals surface area contributed by atoms with Crippen molar-refractivity contribution in [2.75, 3.05) is 13.2 Å². The highest BCUT2D eigenvalue weighted by molar-refractivity contribution is 5.75. The third kappa shape index (κ3) is 6.03. The quantitative estimate of drug-likeness (QED) is 0.364. The van der Waals surface area contributed by atoms with E-state index >= 15 is 0 Å². The lowest BCUT2D eigenvalue weighted by Crippen LogP contribution is -2.27. The van der Waals surface area contributed by atoms with Crippen molar-refractivity contribution in [3.05, 3.63) is 54.6 Å². The number of rotatable bonds is 8. The van der Waals surface area contributed by atoms with Crippen LogP contribution in [0.5, 0.6) is 5.75 Å². The minimum absolute atomic E-state index is 0.199. The lowest BCUT2D eigenvalue weighted by atomic mass is 9.91. The Balaban J connectivity index is 1.77. The highest BCUT2D eigenvalue weighted by Gasteiger charge is 2.26. The number of ether oxygens (including phenoxy) is 2. The van der Waals surface area contributed by atoms with Crippen molar-refractivity contribution in [3.63, 3.8) is 0 Å². The molecule has 5 nitrogen and oxygen atoms in total. The second-order valence-corrected chi connectivity index (χ2v) is 6.25. The number of carbonyl (C=O) groups is 1. The Hall–Kier alpha value is -2.69. The van der Waals surface area contributed by atoms with Crippen LogP contribution in [-0.2, 0) is 9.53 Å². The molecule has 0 unspecified atom stereocenters. The Morgan fingerprint density at radius 3 is 2.12 bits per heavy atom. The van der Waals surface area contributed by atoms with E-state index in [0.717, 1.165) is 17.8 Å². The summed E-state index contributed by atoms with van der Waals surface area (Å²) in [7, 11) is 0. The minimum Gasteiger partial charge on any atom is -0.490 e. The van der Waals surface area contributed by atoms with Gasteiger partial charge in [-0.1, -0.05) is 25.1 Å². The van der Waals surface area contributed by atoms with Crippen LogP contribution in [0.25, 0.3) is 0 Å². The summed E-state index contributed by atoms with van der Waals surface area (Å²) in [5.41, 5.74) is 1.10. The van der Waals surface area contributed by atoms with Crippen LogP contribution in [0.2, 0.25) is 0 Å². The fourth-order valence-electron chi connectivity index (χ4n) is 1.85. The SMILES string of the molecule is CCC(C)(C)C(=O)OCCOc1ccc(N=Nc2ccccc2)cc1. The molecule has 0 N–H and O–H groups in total. The normalized spacial score (nSPS) is 11.5. The van der Waals surface area contributed by atoms with E-state index in [1.807, 2.05) is 75.4 Å². The van der Waals surface area contributed by atoms with Crippen LogP contribution in [0.15, 0.2) is 64.8 Å². The summed E-state index contributed by atoms with van der Waals surface area (Å²) in [5, 5.41) is 8.33. The van der Waals surface area contributed by atoms with E-state index in [0.29, 0.717) is 12.4 Å². The maximum atomic E-state index is 11.8. The molecule has 0 bridgehead atoms. The van der Waals surface area contributed by atoms with Crippen LogP contribution >= 0.6 is 0 Å². The second kappa shape index (κ2) is 8.97. The topological polar surface area (TPSA) is 60.2 Å². The molecule has 2 aromatic carbocycles. The van der Waals surface area contributed by atoms with Crippen molar-refractivity contribution in [1.82, 2.24) is 0 Å². The number of nitrogens with zero attached hydrogens (tertiary/aromatic N) is 2. The third-order valence-corrected chi connectivity index (χ3v) is 3.90. The second-order valence-electron chi connectivity index (χ2n) is 6.25. The summed E-state index contributed by atoms with van der Waals surface area (Å²) in [6.45, 7) is 6.26. The van der Waals surface area contributed by atoms with Crippen LogP contribution in [0.3, 0.4) is 0 Å². The number of hydrogen-bond donors (Lipinski definition) is 0. The molecule has 0 spiro atoms. The highest BCUT2D eigenvalue weighted by Crippen LogP contribution is 2.22. The van der Waals surface area contributed by atoms with Crippen LogP contribution < -0.4 is 4.74 Å². The fourth-order valence-corrected chi connectivity index (χ4v) is 1.85. The first-order valence-corrected chi connectivity index (χ1v) is 8.38. The van der Waals surface area contributed by atoms with Crippen molar-refractivity contribution < 1.29 is 14.3 Å². The van der Waals surface area contributed by atoms with E-state index in [4.69, 9.17) is 9.47 Å². The van der Waals surface area contributed by atoms with Crippen LogP contribution in [0.4, 0.5) is 11.4 Å². The predicted octanol–water partition coefficient (Wildman–Crippen LogP) is 5.46. The zero-order chi connectivity index (χ0) is 18.1. The van der Waals surface area contributed by atoms with E-state index < -0.39 is 5.41 Å². The van der Waals surface area contributed by atoms with E-state index in [1.165, 1.54) is 0 Å². The van der Waals surface area contributed by atoms with Crippen molar-refractivity contribution in [3.8, 4) is 5.75 Å². The Morgan fingerprint density at radius 2 is 1.52 bits per heavy atom. The van der Waals surface area contributed by atoms with Gasteiger partial charge in [-0.05, 0) is 56.7 Å². The molecule has 0 aliphatic rings. The number of azo groups is 1. The smallest absolute Gasteiger partial charge is 0.311 e. The van der Waals surface area contributed by atoms with Gasteiger partial charge in [-0.25, -0.2) is 0 Å². The average molecular weight is 340 g/mol. The first-order chi connectivity index (χ1) is 12.0. The molecule has 0 heterocycles. The van der Waals surface area contributed by atoms with Gasteiger partial charge in [0.2, 0.25) is 0 Å². The molecule has 0 amide bonds. The molecule has 132 valence electrons. The molecule has 0 saturated carbocycles. The van der Waals surface area contributed by atoms with Gasteiger partial charge in [0.05, 0.1) is 16.8 Å². The molecule has 0 aromatic heterocycles. The Kier molecular flexibility index (Phi) is 6.69. The lowest BCUT2D eigenvalue weighted by Gasteiger charge is -2.20. The molecule has 0 saturated heterocycles. The number of carbonyl (C=O) groups excluding carboxylic acids is 1. The average Bonchev–Trinajstić information content (AvgIpc) is 2.65. The molecule has 0 aliphatic heterocycles. The van der Waals surface area contributed by atoms with Gasteiger partial charge in [0.25, 0.3) is 0 Å². The van der Waals surface area contributed by atoms with Gasteiger partial charge in [-0.15, -0.1) is 0 Å². The summed E-state index contributed by atoms with van der Waals surface area (Å²) < 4.78 is 10.8. The van der Waals surface area contributed by atoms with Gasteiger partial charge in [0, 0.05) is 0 Å². The van der Waals surface area contributed by atoms with E-state index in [-0.39, 0.29) is 12.6 Å². The van der Waals surface area contributed by atoms with Crippen LogP contribution in [0.1, 0.15) is 27.2 Å². The molecule has 2 aromatic rings. The fraction of sp³-hybridized carbons (Fsp3) is 0.350. The predicted molar refractivity (Wildman–Crippen MR) is 97.6 cm³/mol. The maximum absolute atomic E-state index is 11.8. The third-order valence-electron chi connectivity index (χ3n) is 3.90. The Labute approximate surface area is 148 Å². The molecule has 0 atom stereocenters. The number of benzene rings is 2. The van der Waals surface area contributed by atoms with Crippen molar-refractivity contribution in [1.29, 1.82) is 0 Å². The zero-order valence-electron chi connectivity index (χ0n) is 14.9.